The summed E-state index contributed by atoms with van der Waals surface area (Å²) in [6.07, 6.45) is 4.97. The Hall–Kier alpha value is -2.36. The van der Waals surface area contributed by atoms with Gasteiger partial charge in [-0.25, -0.2) is 0 Å². The van der Waals surface area contributed by atoms with Gasteiger partial charge in [-0.05, 0) is 43.9 Å². The predicted octanol–water partition coefficient (Wildman–Crippen LogP) is 2.59. The highest BCUT2D eigenvalue weighted by Gasteiger charge is 2.53. The minimum Gasteiger partial charge on any atom is -0.366 e. The average molecular weight is 489 g/mol. The third kappa shape index (κ3) is 4.29. The molecule has 3 fully saturated rings. The van der Waals surface area contributed by atoms with Crippen molar-refractivity contribution in [3.63, 3.8) is 0 Å². The molecule has 2 aromatic rings. The largest absolute Gasteiger partial charge is 0.366 e. The number of hydrogen-bond donors (Lipinski definition) is 1. The second-order valence-electron chi connectivity index (χ2n) is 8.94. The van der Waals surface area contributed by atoms with Gasteiger partial charge in [-0.1, -0.05) is 12.8 Å². The number of carbonyl (C=O) groups excluding carboxylic acids is 3. The number of likely N-dealkylation sites (tertiary alicyclic amines) is 1. The minimum atomic E-state index is -0.689. The Morgan fingerprint density at radius 2 is 2.09 bits per heavy atom. The molecule has 3 aliphatic rings. The van der Waals surface area contributed by atoms with Gasteiger partial charge in [0, 0.05) is 17.0 Å². The number of fused-ring (bicyclic) bond motifs is 1. The number of ether oxygens (including phenoxy) is 1. The van der Waals surface area contributed by atoms with Crippen molar-refractivity contribution < 1.29 is 19.1 Å². The number of rotatable bonds is 5. The number of aryl methyl sites for hydroxylation is 1. The van der Waals surface area contributed by atoms with Crippen LogP contribution < -0.4 is 5.32 Å². The summed E-state index contributed by atoms with van der Waals surface area (Å²) < 4.78 is 5.52. The van der Waals surface area contributed by atoms with Gasteiger partial charge >= 0.3 is 0 Å². The first kappa shape index (κ1) is 22.4. The Kier molecular flexibility index (Phi) is 6.20. The number of halogens is 1. The Morgan fingerprint density at radius 1 is 1.30 bits per heavy atom. The molecule has 0 spiro atoms. The molecule has 0 bridgehead atoms. The van der Waals surface area contributed by atoms with E-state index in [9.17, 15) is 14.4 Å². The van der Waals surface area contributed by atoms with Crippen molar-refractivity contribution in [2.45, 2.75) is 56.2 Å². The highest BCUT2D eigenvalue weighted by Crippen LogP contribution is 2.35. The first-order chi connectivity index (χ1) is 15.9. The quantitative estimate of drug-likeness (QED) is 0.649. The Bertz CT molecular complexity index is 1090. The number of Topliss-reactive ketones (excluding diaryl/α,β-unsaturated/α-hetero) is 1. The van der Waals surface area contributed by atoms with Crippen LogP contribution in [-0.2, 0) is 14.3 Å². The van der Waals surface area contributed by atoms with Crippen molar-refractivity contribution >= 4 is 40.5 Å². The molecule has 4 heterocycles. The molecule has 0 unspecified atom stereocenters. The van der Waals surface area contributed by atoms with Crippen LogP contribution in [0.1, 0.15) is 41.0 Å². The molecule has 1 N–H and O–H groups in total. The molecule has 33 heavy (non-hydrogen) atoms. The third-order valence-corrected chi connectivity index (χ3v) is 8.24. The van der Waals surface area contributed by atoms with Gasteiger partial charge < -0.3 is 15.0 Å². The molecule has 174 valence electrons. The Balaban J connectivity index is 1.36. The van der Waals surface area contributed by atoms with Crippen LogP contribution >= 0.6 is 22.9 Å². The van der Waals surface area contributed by atoms with E-state index in [0.717, 1.165) is 41.8 Å². The molecule has 1 saturated carbocycles. The summed E-state index contributed by atoms with van der Waals surface area (Å²) in [7, 11) is 0. The highest BCUT2D eigenvalue weighted by molar-refractivity contribution is 7.17. The fraction of sp³-hybridized carbons (Fsp3) is 0.522. The summed E-state index contributed by atoms with van der Waals surface area (Å²) in [6.45, 7) is 2.09. The van der Waals surface area contributed by atoms with E-state index in [1.54, 1.807) is 12.3 Å². The SMILES string of the molecule is Cc1cc(-c2ccc(C(=O)N[C@H](C(=O)N3C[C@H](Cl)[C@H]4OCC(=O)[C@H]43)C3CCCC3)s2)cnn1. The first-order valence-electron chi connectivity index (χ1n) is 11.2. The molecule has 10 heteroatoms. The van der Waals surface area contributed by atoms with E-state index < -0.39 is 23.6 Å². The zero-order valence-electron chi connectivity index (χ0n) is 18.2. The number of aromatic nitrogens is 2. The number of alkyl halides is 1. The molecule has 8 nitrogen and oxygen atoms in total. The standard InChI is InChI=1S/C23H25ClN4O4S/c1-12-8-14(9-25-27-12)17-6-7-18(33-17)22(30)26-19(13-4-2-3-5-13)23(31)28-10-15(24)21-20(28)16(29)11-32-21/h6-9,13,15,19-21H,2-5,10-11H2,1H3,(H,26,30)/t15-,19-,20+,21+/m0/s1. The van der Waals surface area contributed by atoms with Gasteiger partial charge in [-0.2, -0.15) is 10.2 Å². The lowest BCUT2D eigenvalue weighted by Gasteiger charge is -2.30. The number of hydrogen-bond acceptors (Lipinski definition) is 7. The fourth-order valence-electron chi connectivity index (χ4n) is 5.11. The number of carbonyl (C=O) groups is 3. The van der Waals surface area contributed by atoms with Crippen LogP contribution in [0.4, 0.5) is 0 Å². The van der Waals surface area contributed by atoms with Gasteiger partial charge in [0.15, 0.2) is 5.78 Å². The molecule has 2 amide bonds. The van der Waals surface area contributed by atoms with Crippen molar-refractivity contribution in [3.8, 4) is 10.4 Å². The maximum absolute atomic E-state index is 13.6. The summed E-state index contributed by atoms with van der Waals surface area (Å²) >= 11 is 7.74. The van der Waals surface area contributed by atoms with Crippen LogP contribution in [0.3, 0.4) is 0 Å². The molecule has 4 atom stereocenters. The molecule has 0 radical (unpaired) electrons. The van der Waals surface area contributed by atoms with Crippen LogP contribution in [0.15, 0.2) is 24.4 Å². The van der Waals surface area contributed by atoms with Gasteiger partial charge in [0.1, 0.15) is 24.8 Å². The predicted molar refractivity (Wildman–Crippen MR) is 123 cm³/mol. The molecule has 0 aromatic carbocycles. The third-order valence-electron chi connectivity index (χ3n) is 6.72. The fourth-order valence-corrected chi connectivity index (χ4v) is 6.36. The van der Waals surface area contributed by atoms with Crippen LogP contribution in [0.25, 0.3) is 10.4 Å². The van der Waals surface area contributed by atoms with E-state index in [1.807, 2.05) is 19.1 Å². The van der Waals surface area contributed by atoms with Gasteiger partial charge in [0.2, 0.25) is 5.91 Å². The Labute approximate surface area is 200 Å². The van der Waals surface area contributed by atoms with Gasteiger partial charge in [0.25, 0.3) is 5.91 Å². The van der Waals surface area contributed by atoms with E-state index in [2.05, 4.69) is 15.5 Å². The molecular weight excluding hydrogens is 464 g/mol. The van der Waals surface area contributed by atoms with Crippen LogP contribution in [0.2, 0.25) is 0 Å². The summed E-state index contributed by atoms with van der Waals surface area (Å²) in [4.78, 5) is 42.2. The number of amides is 2. The van der Waals surface area contributed by atoms with Crippen LogP contribution in [0.5, 0.6) is 0 Å². The second-order valence-corrected chi connectivity index (χ2v) is 10.6. The van der Waals surface area contributed by atoms with E-state index in [4.69, 9.17) is 16.3 Å². The maximum Gasteiger partial charge on any atom is 0.262 e. The number of nitrogens with one attached hydrogen (secondary N) is 1. The molecule has 2 aliphatic heterocycles. The smallest absolute Gasteiger partial charge is 0.262 e. The van der Waals surface area contributed by atoms with E-state index >= 15 is 0 Å². The van der Waals surface area contributed by atoms with E-state index in [-0.39, 0.29) is 36.7 Å². The second kappa shape index (κ2) is 9.12. The molecule has 2 aromatic heterocycles. The van der Waals surface area contributed by atoms with Crippen molar-refractivity contribution in [2.75, 3.05) is 13.2 Å². The summed E-state index contributed by atoms with van der Waals surface area (Å²) in [5, 5.41) is 10.5. The van der Waals surface area contributed by atoms with Crippen molar-refractivity contribution in [1.29, 1.82) is 0 Å². The van der Waals surface area contributed by atoms with Crippen molar-refractivity contribution in [1.82, 2.24) is 20.4 Å². The monoisotopic (exact) mass is 488 g/mol. The lowest BCUT2D eigenvalue weighted by molar-refractivity contribution is -0.139. The van der Waals surface area contributed by atoms with Crippen LogP contribution in [-0.4, -0.2) is 69.4 Å². The summed E-state index contributed by atoms with van der Waals surface area (Å²) in [6, 6.07) is 4.21. The highest BCUT2D eigenvalue weighted by atomic mass is 35.5. The topological polar surface area (TPSA) is 101 Å². The Morgan fingerprint density at radius 3 is 2.85 bits per heavy atom. The summed E-state index contributed by atoms with van der Waals surface area (Å²) in [5.41, 5.74) is 1.69. The number of nitrogens with zero attached hydrogens (tertiary/aromatic N) is 3. The van der Waals surface area contributed by atoms with E-state index in [0.29, 0.717) is 4.88 Å². The maximum atomic E-state index is 13.6. The summed E-state index contributed by atoms with van der Waals surface area (Å²) in [5.74, 6) is -0.615. The molecular formula is C23H25ClN4O4S. The number of ketones is 1. The first-order valence-corrected chi connectivity index (χ1v) is 12.5. The van der Waals surface area contributed by atoms with Gasteiger partial charge in [0.05, 0.1) is 22.1 Å². The minimum absolute atomic E-state index is 0.0237. The van der Waals surface area contributed by atoms with Gasteiger partial charge in [-0.15, -0.1) is 22.9 Å². The van der Waals surface area contributed by atoms with E-state index in [1.165, 1.54) is 16.2 Å². The lowest BCUT2D eigenvalue weighted by Crippen LogP contribution is -2.54. The molecule has 5 rings (SSSR count). The zero-order chi connectivity index (χ0) is 23.1. The molecule has 1 aliphatic carbocycles. The van der Waals surface area contributed by atoms with Crippen molar-refractivity contribution in [2.24, 2.45) is 5.92 Å². The van der Waals surface area contributed by atoms with Crippen LogP contribution in [0, 0.1) is 12.8 Å². The normalized spacial score (nSPS) is 25.9. The average Bonchev–Trinajstić information content (AvgIpc) is 3.59. The molecule has 2 saturated heterocycles. The van der Waals surface area contributed by atoms with Crippen molar-refractivity contribution in [3.05, 3.63) is 35.0 Å². The lowest BCUT2D eigenvalue weighted by atomic mass is 9.96. The van der Waals surface area contributed by atoms with Gasteiger partial charge in [-0.3, -0.25) is 14.4 Å². The number of thiophene rings is 1. The zero-order valence-corrected chi connectivity index (χ0v) is 19.8.